The highest BCUT2D eigenvalue weighted by Crippen LogP contribution is 2.07. The second-order valence-electron chi connectivity index (χ2n) is 2.70. The van der Waals surface area contributed by atoms with E-state index in [0.29, 0.717) is 10.0 Å². The van der Waals surface area contributed by atoms with Crippen molar-refractivity contribution in [1.82, 2.24) is 14.9 Å². The van der Waals surface area contributed by atoms with E-state index in [1.54, 1.807) is 0 Å². The molecule has 0 bridgehead atoms. The first-order chi connectivity index (χ1) is 6.54. The molecule has 1 rings (SSSR count). The fourth-order valence-corrected chi connectivity index (χ4v) is 1.22. The van der Waals surface area contributed by atoms with Gasteiger partial charge in [0.15, 0.2) is 10.1 Å². The van der Waals surface area contributed by atoms with Crippen LogP contribution in [0, 0.1) is 20.2 Å². The molecule has 9 nitrogen and oxygen atoms in total. The van der Waals surface area contributed by atoms with Gasteiger partial charge < -0.3 is 0 Å². The number of nitro groups is 2. The van der Waals surface area contributed by atoms with E-state index in [-0.39, 0.29) is 26.0 Å². The molecule has 80 valence electrons. The lowest BCUT2D eigenvalue weighted by atomic mass is 10.6. The van der Waals surface area contributed by atoms with Crippen molar-refractivity contribution in [3.63, 3.8) is 0 Å². The zero-order chi connectivity index (χ0) is 10.7. The van der Waals surface area contributed by atoms with E-state index >= 15 is 0 Å². The van der Waals surface area contributed by atoms with Crippen molar-refractivity contribution in [2.75, 3.05) is 26.0 Å². The fourth-order valence-electron chi connectivity index (χ4n) is 1.07. The van der Waals surface area contributed by atoms with Crippen molar-refractivity contribution >= 4 is 11.6 Å². The van der Waals surface area contributed by atoms with E-state index in [1.165, 1.54) is 4.90 Å². The van der Waals surface area contributed by atoms with Gasteiger partial charge in [-0.05, 0) is 0 Å². The summed E-state index contributed by atoms with van der Waals surface area (Å²) in [5, 5.41) is 20.9. The second-order valence-corrected chi connectivity index (χ2v) is 2.94. The maximum atomic E-state index is 10.4. The van der Waals surface area contributed by atoms with Gasteiger partial charge >= 0.3 is 0 Å². The van der Waals surface area contributed by atoms with E-state index in [9.17, 15) is 20.2 Å². The van der Waals surface area contributed by atoms with Crippen molar-refractivity contribution in [3.05, 3.63) is 20.2 Å². The number of alkyl halides is 1. The van der Waals surface area contributed by atoms with Crippen molar-refractivity contribution in [3.8, 4) is 0 Å². The average molecular weight is 226 g/mol. The Morgan fingerprint density at radius 1 is 1.07 bits per heavy atom. The molecule has 0 spiro atoms. The molecule has 0 unspecified atom stereocenters. The number of halogens is 1. The van der Waals surface area contributed by atoms with E-state index in [0.717, 1.165) is 0 Å². The van der Waals surface area contributed by atoms with E-state index in [4.69, 9.17) is 11.6 Å². The molecular weight excluding hydrogens is 218 g/mol. The Balaban J connectivity index is 2.66. The first-order valence-electron chi connectivity index (χ1n) is 3.61. The van der Waals surface area contributed by atoms with Gasteiger partial charge in [-0.15, -0.1) is 11.6 Å². The predicted octanol–water partition coefficient (Wildman–Crippen LogP) is -0.642. The Morgan fingerprint density at radius 3 is 1.79 bits per heavy atom. The van der Waals surface area contributed by atoms with Crippen LogP contribution in [0.2, 0.25) is 0 Å². The summed E-state index contributed by atoms with van der Waals surface area (Å²) in [6.45, 7) is -0.366. The van der Waals surface area contributed by atoms with Crippen LogP contribution in [0.1, 0.15) is 0 Å². The Kier molecular flexibility index (Phi) is 3.25. The Labute approximate surface area is 83.7 Å². The minimum absolute atomic E-state index is 0.00861. The third kappa shape index (κ3) is 2.33. The van der Waals surface area contributed by atoms with Crippen molar-refractivity contribution in [1.29, 1.82) is 0 Å². The zero-order valence-electron chi connectivity index (χ0n) is 7.08. The van der Waals surface area contributed by atoms with Gasteiger partial charge in [0.2, 0.25) is 6.67 Å². The molecular formula is C4H8ClN5O4. The van der Waals surface area contributed by atoms with Crippen LogP contribution in [0.25, 0.3) is 0 Å². The monoisotopic (exact) mass is 225 g/mol. The molecule has 0 amide bonds. The summed E-state index contributed by atoms with van der Waals surface area (Å²) in [5.74, 6) is 0. The molecule has 1 saturated heterocycles. The molecule has 1 aliphatic heterocycles. The normalized spacial score (nSPS) is 18.4. The summed E-state index contributed by atoms with van der Waals surface area (Å²) >= 11 is 5.45. The van der Waals surface area contributed by atoms with Gasteiger partial charge in [0.05, 0.1) is 6.00 Å². The van der Waals surface area contributed by atoms with Crippen molar-refractivity contribution < 1.29 is 10.1 Å². The number of rotatable bonds is 3. The molecule has 0 saturated carbocycles. The molecule has 14 heavy (non-hydrogen) atoms. The Hall–Kier alpha value is -1.35. The SMILES string of the molecule is O=[N+]([O-])N1CN(CCl)CN([N+](=O)[O-])C1. The largest absolute Gasteiger partial charge is 0.244 e. The highest BCUT2D eigenvalue weighted by atomic mass is 35.5. The number of hydrogen-bond acceptors (Lipinski definition) is 5. The van der Waals surface area contributed by atoms with Crippen LogP contribution in [0.5, 0.6) is 0 Å². The van der Waals surface area contributed by atoms with Gasteiger partial charge in [-0.1, -0.05) is 10.0 Å². The standard InChI is InChI=1S/C4H8ClN5O4/c5-1-6-2-7(9(11)12)4-8(3-6)10(13)14/h1-4H2. The molecule has 0 aromatic carbocycles. The van der Waals surface area contributed by atoms with Crippen LogP contribution in [-0.4, -0.2) is 51.0 Å². The van der Waals surface area contributed by atoms with Crippen molar-refractivity contribution in [2.45, 2.75) is 0 Å². The molecule has 0 aliphatic carbocycles. The average Bonchev–Trinajstić information content (AvgIpc) is 2.16. The lowest BCUT2D eigenvalue weighted by molar-refractivity contribution is -0.727. The van der Waals surface area contributed by atoms with E-state index in [2.05, 4.69) is 0 Å². The Morgan fingerprint density at radius 2 is 1.50 bits per heavy atom. The zero-order valence-corrected chi connectivity index (χ0v) is 7.83. The lowest BCUT2D eigenvalue weighted by Gasteiger charge is -2.31. The predicted molar refractivity (Wildman–Crippen MR) is 44.8 cm³/mol. The number of hydrogen-bond donors (Lipinski definition) is 0. The van der Waals surface area contributed by atoms with E-state index in [1.807, 2.05) is 0 Å². The molecule has 10 heteroatoms. The fraction of sp³-hybridized carbons (Fsp3) is 1.00. The number of nitrogens with zero attached hydrogens (tertiary/aromatic N) is 5. The van der Waals surface area contributed by atoms with Crippen LogP contribution >= 0.6 is 11.6 Å². The summed E-state index contributed by atoms with van der Waals surface area (Å²) in [7, 11) is 0. The van der Waals surface area contributed by atoms with Gasteiger partial charge in [-0.25, -0.2) is 25.1 Å². The highest BCUT2D eigenvalue weighted by Gasteiger charge is 2.33. The molecule has 1 fully saturated rings. The van der Waals surface area contributed by atoms with Crippen LogP contribution in [0.3, 0.4) is 0 Å². The molecule has 0 N–H and O–H groups in total. The maximum absolute atomic E-state index is 10.4. The van der Waals surface area contributed by atoms with Gasteiger partial charge in [0.1, 0.15) is 13.3 Å². The topological polar surface area (TPSA) is 96.0 Å². The summed E-state index contributed by atoms with van der Waals surface area (Å²) in [6, 6.07) is 0.00861. The summed E-state index contributed by atoms with van der Waals surface area (Å²) in [6.07, 6.45) is 0. The van der Waals surface area contributed by atoms with Crippen LogP contribution in [0.4, 0.5) is 0 Å². The quantitative estimate of drug-likeness (QED) is 0.273. The van der Waals surface area contributed by atoms with Gasteiger partial charge in [-0.3, -0.25) is 0 Å². The van der Waals surface area contributed by atoms with Crippen molar-refractivity contribution in [2.24, 2.45) is 0 Å². The third-order valence-corrected chi connectivity index (χ3v) is 2.02. The smallest absolute Gasteiger partial charge is 0.210 e. The molecule has 0 aromatic rings. The second kappa shape index (κ2) is 4.24. The minimum Gasteiger partial charge on any atom is -0.244 e. The summed E-state index contributed by atoms with van der Waals surface area (Å²) in [4.78, 5) is 22.2. The molecule has 0 radical (unpaired) electrons. The summed E-state index contributed by atoms with van der Waals surface area (Å²) < 4.78 is 0. The molecule has 1 heterocycles. The molecule has 1 aliphatic rings. The minimum atomic E-state index is -0.685. The summed E-state index contributed by atoms with van der Waals surface area (Å²) in [5.41, 5.74) is 0. The third-order valence-electron chi connectivity index (χ3n) is 1.68. The van der Waals surface area contributed by atoms with Gasteiger partial charge in [0, 0.05) is 0 Å². The lowest BCUT2D eigenvalue weighted by Crippen LogP contribution is -2.57. The van der Waals surface area contributed by atoms with Gasteiger partial charge in [0.25, 0.3) is 0 Å². The van der Waals surface area contributed by atoms with Crippen LogP contribution in [0.15, 0.2) is 0 Å². The molecule has 0 atom stereocenters. The first kappa shape index (κ1) is 10.7. The Bertz CT molecular complexity index is 228. The van der Waals surface area contributed by atoms with E-state index < -0.39 is 10.1 Å². The van der Waals surface area contributed by atoms with Crippen LogP contribution in [-0.2, 0) is 0 Å². The number of hydrazine groups is 2. The van der Waals surface area contributed by atoms with Gasteiger partial charge in [-0.2, -0.15) is 0 Å². The highest BCUT2D eigenvalue weighted by molar-refractivity contribution is 6.17. The first-order valence-corrected chi connectivity index (χ1v) is 4.15. The van der Waals surface area contributed by atoms with Crippen LogP contribution < -0.4 is 0 Å². The molecule has 0 aromatic heterocycles. The maximum Gasteiger partial charge on any atom is 0.210 e.